The molecular formula is C11H19O4P. The van der Waals surface area contributed by atoms with Crippen LogP contribution in [0, 0.1) is 0 Å². The molecule has 0 aromatic carbocycles. The lowest BCUT2D eigenvalue weighted by atomic mass is 10.3. The molecule has 0 rings (SSSR count). The Labute approximate surface area is 96.4 Å². The van der Waals surface area contributed by atoms with E-state index >= 15 is 0 Å². The van der Waals surface area contributed by atoms with Crippen LogP contribution in [0.4, 0.5) is 0 Å². The van der Waals surface area contributed by atoms with Gasteiger partial charge in [0, 0.05) is 0 Å². The predicted octanol–water partition coefficient (Wildman–Crippen LogP) is 2.08. The summed E-state index contributed by atoms with van der Waals surface area (Å²) in [6.07, 6.45) is 2.14. The van der Waals surface area contributed by atoms with Gasteiger partial charge in [0.1, 0.15) is 13.0 Å². The first-order chi connectivity index (χ1) is 7.47. The van der Waals surface area contributed by atoms with Gasteiger partial charge < -0.3 is 9.30 Å². The van der Waals surface area contributed by atoms with Gasteiger partial charge in [-0.25, -0.2) is 0 Å². The van der Waals surface area contributed by atoms with Crippen LogP contribution >= 0.6 is 7.14 Å². The maximum absolute atomic E-state index is 12.0. The molecule has 0 aromatic heterocycles. The maximum Gasteiger partial charge on any atom is 0.313 e. The molecule has 5 heteroatoms. The summed E-state index contributed by atoms with van der Waals surface area (Å²) < 4.78 is 16.6. The molecule has 0 aliphatic heterocycles. The number of ether oxygens (including phenoxy) is 1. The lowest BCUT2D eigenvalue weighted by Crippen LogP contribution is -2.15. The van der Waals surface area contributed by atoms with E-state index in [0.717, 1.165) is 0 Å². The van der Waals surface area contributed by atoms with Crippen LogP contribution in [0.25, 0.3) is 0 Å². The molecule has 0 spiro atoms. The summed E-state index contributed by atoms with van der Waals surface area (Å²) in [6, 6.07) is 0. The van der Waals surface area contributed by atoms with Gasteiger partial charge in [-0.1, -0.05) is 26.5 Å². The molecule has 0 saturated heterocycles. The van der Waals surface area contributed by atoms with Gasteiger partial charge in [0.15, 0.2) is 5.78 Å². The minimum atomic E-state index is -2.40. The summed E-state index contributed by atoms with van der Waals surface area (Å²) in [6.45, 7) is 7.09. The van der Waals surface area contributed by atoms with Crippen molar-refractivity contribution in [3.8, 4) is 0 Å². The second-order valence-electron chi connectivity index (χ2n) is 3.54. The van der Waals surface area contributed by atoms with Crippen LogP contribution in [0.15, 0.2) is 12.7 Å². The average Bonchev–Trinajstić information content (AvgIpc) is 2.25. The monoisotopic (exact) mass is 246 g/mol. The predicted molar refractivity (Wildman–Crippen MR) is 64.3 cm³/mol. The van der Waals surface area contributed by atoms with Crippen LogP contribution in [-0.2, 0) is 18.9 Å². The molecular weight excluding hydrogens is 227 g/mol. The fraction of sp³-hybridized carbons (Fsp3) is 0.636. The van der Waals surface area contributed by atoms with Gasteiger partial charge >= 0.3 is 5.97 Å². The standard InChI is InChI=1S/C11H19O4P/c1-4-7-15-11(13)8-10(12)9-16(14,5-2)6-3/h4H,1,5-9H2,2-3H3. The molecule has 0 N–H and O–H groups in total. The van der Waals surface area contributed by atoms with Crippen molar-refractivity contribution in [2.75, 3.05) is 25.1 Å². The SMILES string of the molecule is C=CCOC(=O)CC(=O)CP(=O)(CC)CC. The van der Waals surface area contributed by atoms with E-state index in [4.69, 9.17) is 0 Å². The highest BCUT2D eigenvalue weighted by Crippen LogP contribution is 2.44. The number of rotatable bonds is 8. The third-order valence-corrected chi connectivity index (χ3v) is 5.56. The van der Waals surface area contributed by atoms with Crippen LogP contribution in [0.5, 0.6) is 0 Å². The number of esters is 1. The van der Waals surface area contributed by atoms with E-state index in [1.807, 2.05) is 0 Å². The first kappa shape index (κ1) is 15.1. The Hall–Kier alpha value is -0.890. The van der Waals surface area contributed by atoms with Crippen molar-refractivity contribution in [3.63, 3.8) is 0 Å². The van der Waals surface area contributed by atoms with E-state index in [1.54, 1.807) is 13.8 Å². The molecule has 0 fully saturated rings. The number of ketones is 1. The summed E-state index contributed by atoms with van der Waals surface area (Å²) in [5, 5.41) is 0. The van der Waals surface area contributed by atoms with Crippen molar-refractivity contribution in [1.82, 2.24) is 0 Å². The van der Waals surface area contributed by atoms with Gasteiger partial charge in [-0.2, -0.15) is 0 Å². The van der Waals surface area contributed by atoms with E-state index in [-0.39, 0.29) is 25.0 Å². The molecule has 0 bridgehead atoms. The average molecular weight is 246 g/mol. The van der Waals surface area contributed by atoms with E-state index in [9.17, 15) is 14.2 Å². The molecule has 0 aliphatic carbocycles. The van der Waals surface area contributed by atoms with E-state index in [0.29, 0.717) is 12.3 Å². The van der Waals surface area contributed by atoms with Crippen molar-refractivity contribution in [2.45, 2.75) is 20.3 Å². The number of hydrogen-bond donors (Lipinski definition) is 0. The highest BCUT2D eigenvalue weighted by atomic mass is 31.2. The summed E-state index contributed by atoms with van der Waals surface area (Å²) in [4.78, 5) is 22.5. The van der Waals surface area contributed by atoms with Crippen molar-refractivity contribution in [1.29, 1.82) is 0 Å². The number of carbonyl (C=O) groups is 2. The quantitative estimate of drug-likeness (QED) is 0.285. The van der Waals surface area contributed by atoms with E-state index in [2.05, 4.69) is 11.3 Å². The fourth-order valence-corrected chi connectivity index (χ4v) is 2.84. The summed E-state index contributed by atoms with van der Waals surface area (Å²) in [7, 11) is -2.40. The maximum atomic E-state index is 12.0. The van der Waals surface area contributed by atoms with Crippen LogP contribution in [-0.4, -0.2) is 36.8 Å². The summed E-state index contributed by atoms with van der Waals surface area (Å²) in [5.41, 5.74) is 0. The van der Waals surface area contributed by atoms with Crippen LogP contribution in [0.2, 0.25) is 0 Å². The van der Waals surface area contributed by atoms with Gasteiger partial charge in [-0.15, -0.1) is 0 Å². The summed E-state index contributed by atoms with van der Waals surface area (Å²) >= 11 is 0. The molecule has 0 heterocycles. The summed E-state index contributed by atoms with van der Waals surface area (Å²) in [5.74, 6) is -0.884. The van der Waals surface area contributed by atoms with E-state index < -0.39 is 13.1 Å². The topological polar surface area (TPSA) is 60.4 Å². The molecule has 0 unspecified atom stereocenters. The van der Waals surface area contributed by atoms with Gasteiger partial charge in [0.2, 0.25) is 0 Å². The Morgan fingerprint density at radius 3 is 2.31 bits per heavy atom. The lowest BCUT2D eigenvalue weighted by Gasteiger charge is -2.12. The Morgan fingerprint density at radius 2 is 1.88 bits per heavy atom. The molecule has 16 heavy (non-hydrogen) atoms. The molecule has 0 aromatic rings. The Balaban J connectivity index is 4.12. The van der Waals surface area contributed by atoms with Crippen LogP contribution < -0.4 is 0 Å². The zero-order valence-corrected chi connectivity index (χ0v) is 10.8. The highest BCUT2D eigenvalue weighted by Gasteiger charge is 2.23. The number of hydrogen-bond acceptors (Lipinski definition) is 4. The molecule has 0 radical (unpaired) electrons. The smallest absolute Gasteiger partial charge is 0.313 e. The molecule has 0 aliphatic rings. The number of carbonyl (C=O) groups excluding carboxylic acids is 2. The Bertz CT molecular complexity index is 301. The van der Waals surface area contributed by atoms with Crippen molar-refractivity contribution in [2.24, 2.45) is 0 Å². The Morgan fingerprint density at radius 1 is 1.31 bits per heavy atom. The van der Waals surface area contributed by atoms with E-state index in [1.165, 1.54) is 6.08 Å². The highest BCUT2D eigenvalue weighted by molar-refractivity contribution is 7.64. The van der Waals surface area contributed by atoms with Gasteiger partial charge in [-0.05, 0) is 12.3 Å². The third-order valence-electron chi connectivity index (χ3n) is 2.32. The zero-order chi connectivity index (χ0) is 12.6. The largest absolute Gasteiger partial charge is 0.461 e. The van der Waals surface area contributed by atoms with Crippen LogP contribution in [0.1, 0.15) is 20.3 Å². The van der Waals surface area contributed by atoms with Crippen LogP contribution in [0.3, 0.4) is 0 Å². The molecule has 92 valence electrons. The normalized spacial score (nSPS) is 10.9. The van der Waals surface area contributed by atoms with Crippen molar-refractivity contribution >= 4 is 18.9 Å². The molecule has 0 saturated carbocycles. The molecule has 4 nitrogen and oxygen atoms in total. The lowest BCUT2D eigenvalue weighted by molar-refractivity contribution is -0.144. The second-order valence-corrected chi connectivity index (χ2v) is 7.23. The van der Waals surface area contributed by atoms with Gasteiger partial charge in [0.05, 0.1) is 13.3 Å². The minimum Gasteiger partial charge on any atom is -0.461 e. The number of Topliss-reactive ketones (excluding diaryl/α,β-unsaturated/α-hetero) is 1. The first-order valence-electron chi connectivity index (χ1n) is 5.32. The van der Waals surface area contributed by atoms with Gasteiger partial charge in [-0.3, -0.25) is 9.59 Å². The first-order valence-corrected chi connectivity index (χ1v) is 7.59. The Kier molecular flexibility index (Phi) is 6.98. The molecule has 0 amide bonds. The molecule has 0 atom stereocenters. The van der Waals surface area contributed by atoms with Crippen molar-refractivity contribution in [3.05, 3.63) is 12.7 Å². The zero-order valence-electron chi connectivity index (χ0n) is 9.90. The fourth-order valence-electron chi connectivity index (χ4n) is 1.19. The third kappa shape index (κ3) is 5.86. The second kappa shape index (κ2) is 7.39. The minimum absolute atomic E-state index is 0.00316. The van der Waals surface area contributed by atoms with Crippen molar-refractivity contribution < 1.29 is 18.9 Å². The van der Waals surface area contributed by atoms with Gasteiger partial charge in [0.25, 0.3) is 0 Å².